The number of carbonyl (C=O) groups excluding carboxylic acids is 1. The number of phenolic OH excluding ortho intramolecular Hbond substituents is 1. The third kappa shape index (κ3) is 2.27. The lowest BCUT2D eigenvalue weighted by atomic mass is 10.2. The van der Waals surface area contributed by atoms with Gasteiger partial charge in [0.25, 0.3) is 5.91 Å². The molecule has 1 aromatic carbocycles. The molecule has 94 valence electrons. The molecule has 6 heteroatoms. The van der Waals surface area contributed by atoms with Gasteiger partial charge in [0.05, 0.1) is 18.9 Å². The van der Waals surface area contributed by atoms with Gasteiger partial charge in [0, 0.05) is 17.4 Å². The van der Waals surface area contributed by atoms with Crippen LogP contribution in [0.2, 0.25) is 0 Å². The minimum absolute atomic E-state index is 0.0285. The van der Waals surface area contributed by atoms with Gasteiger partial charge < -0.3 is 15.2 Å². The number of aromatic amines is 1. The van der Waals surface area contributed by atoms with Gasteiger partial charge in [-0.1, -0.05) is 0 Å². The fraction of sp³-hybridized carbons (Fsp3) is 0.167. The standard InChI is InChI=1S/C12H13N3O3/c1-7-9(6-13-15-7)12(17)14-8-3-4-11(18-2)10(16)5-8/h3-6,16H,1-2H3,(H,13,15)(H,14,17). The fourth-order valence-corrected chi connectivity index (χ4v) is 1.55. The quantitative estimate of drug-likeness (QED) is 0.770. The number of nitrogens with zero attached hydrogens (tertiary/aromatic N) is 1. The van der Waals surface area contributed by atoms with E-state index in [-0.39, 0.29) is 11.7 Å². The summed E-state index contributed by atoms with van der Waals surface area (Å²) in [6.45, 7) is 1.76. The van der Waals surface area contributed by atoms with Crippen molar-refractivity contribution in [2.75, 3.05) is 12.4 Å². The number of phenols is 1. The van der Waals surface area contributed by atoms with Gasteiger partial charge in [0.1, 0.15) is 0 Å². The van der Waals surface area contributed by atoms with Crippen molar-refractivity contribution >= 4 is 11.6 Å². The number of rotatable bonds is 3. The number of hydrogen-bond donors (Lipinski definition) is 3. The molecule has 2 rings (SSSR count). The second-order valence-corrected chi connectivity index (χ2v) is 3.75. The van der Waals surface area contributed by atoms with Crippen molar-refractivity contribution in [3.05, 3.63) is 35.7 Å². The first kappa shape index (κ1) is 12.0. The predicted molar refractivity (Wildman–Crippen MR) is 65.9 cm³/mol. The first-order valence-corrected chi connectivity index (χ1v) is 5.30. The van der Waals surface area contributed by atoms with E-state index >= 15 is 0 Å². The molecule has 0 saturated heterocycles. The van der Waals surface area contributed by atoms with Crippen molar-refractivity contribution in [1.29, 1.82) is 0 Å². The van der Waals surface area contributed by atoms with E-state index in [1.54, 1.807) is 19.1 Å². The molecule has 0 aliphatic rings. The fourth-order valence-electron chi connectivity index (χ4n) is 1.55. The Hall–Kier alpha value is -2.50. The highest BCUT2D eigenvalue weighted by atomic mass is 16.5. The summed E-state index contributed by atoms with van der Waals surface area (Å²) >= 11 is 0. The Labute approximate surface area is 104 Å². The number of nitrogens with one attached hydrogen (secondary N) is 2. The number of anilines is 1. The molecule has 0 atom stereocenters. The summed E-state index contributed by atoms with van der Waals surface area (Å²) in [6.07, 6.45) is 1.45. The van der Waals surface area contributed by atoms with E-state index in [0.29, 0.717) is 22.7 Å². The molecule has 1 amide bonds. The van der Waals surface area contributed by atoms with E-state index in [1.807, 2.05) is 0 Å². The monoisotopic (exact) mass is 247 g/mol. The van der Waals surface area contributed by atoms with Crippen LogP contribution in [-0.4, -0.2) is 28.3 Å². The average Bonchev–Trinajstić information content (AvgIpc) is 2.76. The summed E-state index contributed by atoms with van der Waals surface area (Å²) in [5, 5.41) is 18.7. The molecule has 2 aromatic rings. The van der Waals surface area contributed by atoms with Gasteiger partial charge in [-0.05, 0) is 19.1 Å². The van der Waals surface area contributed by atoms with Crippen molar-refractivity contribution in [2.24, 2.45) is 0 Å². The molecule has 1 aromatic heterocycles. The van der Waals surface area contributed by atoms with Crippen LogP contribution in [0.4, 0.5) is 5.69 Å². The zero-order valence-electron chi connectivity index (χ0n) is 10.0. The van der Waals surface area contributed by atoms with Gasteiger partial charge in [0.15, 0.2) is 11.5 Å². The van der Waals surface area contributed by atoms with Crippen molar-refractivity contribution < 1.29 is 14.6 Å². The second kappa shape index (κ2) is 4.79. The summed E-state index contributed by atoms with van der Waals surface area (Å²) < 4.78 is 4.92. The van der Waals surface area contributed by atoms with E-state index in [9.17, 15) is 9.90 Å². The number of aromatic nitrogens is 2. The highest BCUT2D eigenvalue weighted by Gasteiger charge is 2.11. The van der Waals surface area contributed by atoms with E-state index < -0.39 is 0 Å². The molecule has 6 nitrogen and oxygen atoms in total. The molecule has 0 fully saturated rings. The normalized spacial score (nSPS) is 10.1. The SMILES string of the molecule is COc1ccc(NC(=O)c2cn[nH]c2C)cc1O. The first-order valence-electron chi connectivity index (χ1n) is 5.30. The topological polar surface area (TPSA) is 87.2 Å². The molecule has 0 saturated carbocycles. The molecule has 1 heterocycles. The summed E-state index contributed by atoms with van der Waals surface area (Å²) in [7, 11) is 1.46. The van der Waals surface area contributed by atoms with E-state index in [0.717, 1.165) is 0 Å². The van der Waals surface area contributed by atoms with Crippen molar-refractivity contribution in [3.63, 3.8) is 0 Å². The van der Waals surface area contributed by atoms with Gasteiger partial charge in [-0.25, -0.2) is 0 Å². The Kier molecular flexibility index (Phi) is 3.18. The molecule has 18 heavy (non-hydrogen) atoms. The Morgan fingerprint density at radius 3 is 2.83 bits per heavy atom. The van der Waals surface area contributed by atoms with Crippen molar-refractivity contribution in [2.45, 2.75) is 6.92 Å². The van der Waals surface area contributed by atoms with Crippen LogP contribution in [-0.2, 0) is 0 Å². The van der Waals surface area contributed by atoms with Crippen molar-refractivity contribution in [1.82, 2.24) is 10.2 Å². The van der Waals surface area contributed by atoms with E-state index in [2.05, 4.69) is 15.5 Å². The molecule has 0 bridgehead atoms. The third-order valence-corrected chi connectivity index (χ3v) is 2.51. The molecular formula is C12H13N3O3. The lowest BCUT2D eigenvalue weighted by Crippen LogP contribution is -2.12. The van der Waals surface area contributed by atoms with Gasteiger partial charge in [-0.3, -0.25) is 9.89 Å². The van der Waals surface area contributed by atoms with E-state index in [4.69, 9.17) is 4.74 Å². The first-order chi connectivity index (χ1) is 8.61. The molecule has 3 N–H and O–H groups in total. The summed E-state index contributed by atoms with van der Waals surface area (Å²) in [6, 6.07) is 4.64. The van der Waals surface area contributed by atoms with Gasteiger partial charge in [-0.15, -0.1) is 0 Å². The van der Waals surface area contributed by atoms with Crippen LogP contribution < -0.4 is 10.1 Å². The zero-order valence-corrected chi connectivity index (χ0v) is 10.0. The number of carbonyl (C=O) groups is 1. The summed E-state index contributed by atoms with van der Waals surface area (Å²) in [5.41, 5.74) is 1.63. The number of H-pyrrole nitrogens is 1. The number of ether oxygens (including phenoxy) is 1. The maximum atomic E-state index is 11.9. The number of methoxy groups -OCH3 is 1. The number of benzene rings is 1. The molecule has 0 aliphatic carbocycles. The number of hydrogen-bond acceptors (Lipinski definition) is 4. The minimum Gasteiger partial charge on any atom is -0.504 e. The maximum Gasteiger partial charge on any atom is 0.259 e. The second-order valence-electron chi connectivity index (χ2n) is 3.75. The summed E-state index contributed by atoms with van der Waals surface area (Å²) in [5.74, 6) is 0.0394. The van der Waals surface area contributed by atoms with Crippen LogP contribution in [0.25, 0.3) is 0 Å². The smallest absolute Gasteiger partial charge is 0.259 e. The van der Waals surface area contributed by atoms with Crippen LogP contribution in [0.1, 0.15) is 16.1 Å². The lowest BCUT2D eigenvalue weighted by molar-refractivity contribution is 0.102. The van der Waals surface area contributed by atoms with E-state index in [1.165, 1.54) is 19.4 Å². The zero-order chi connectivity index (χ0) is 13.1. The molecular weight excluding hydrogens is 234 g/mol. The lowest BCUT2D eigenvalue weighted by Gasteiger charge is -2.07. The van der Waals surface area contributed by atoms with Gasteiger partial charge >= 0.3 is 0 Å². The predicted octanol–water partition coefficient (Wildman–Crippen LogP) is 1.68. The van der Waals surface area contributed by atoms with Crippen molar-refractivity contribution in [3.8, 4) is 11.5 Å². The highest BCUT2D eigenvalue weighted by molar-refractivity contribution is 6.04. The minimum atomic E-state index is -0.286. The van der Waals surface area contributed by atoms with Crippen LogP contribution in [0, 0.1) is 6.92 Å². The Morgan fingerprint density at radius 1 is 1.50 bits per heavy atom. The maximum absolute atomic E-state index is 11.9. The number of amides is 1. The highest BCUT2D eigenvalue weighted by Crippen LogP contribution is 2.28. The molecule has 0 radical (unpaired) electrons. The average molecular weight is 247 g/mol. The van der Waals surface area contributed by atoms with Gasteiger partial charge in [0.2, 0.25) is 0 Å². The molecule has 0 unspecified atom stereocenters. The Balaban J connectivity index is 2.17. The Bertz CT molecular complexity index is 578. The number of aromatic hydroxyl groups is 1. The third-order valence-electron chi connectivity index (χ3n) is 2.51. The van der Waals surface area contributed by atoms with Crippen LogP contribution >= 0.6 is 0 Å². The van der Waals surface area contributed by atoms with Crippen LogP contribution in [0.15, 0.2) is 24.4 Å². The van der Waals surface area contributed by atoms with Gasteiger partial charge in [-0.2, -0.15) is 5.10 Å². The number of aryl methyl sites for hydroxylation is 1. The molecule has 0 aliphatic heterocycles. The Morgan fingerprint density at radius 2 is 2.28 bits per heavy atom. The van der Waals surface area contributed by atoms with Crippen LogP contribution in [0.5, 0.6) is 11.5 Å². The largest absolute Gasteiger partial charge is 0.504 e. The molecule has 0 spiro atoms. The summed E-state index contributed by atoms with van der Waals surface area (Å²) in [4.78, 5) is 11.9. The van der Waals surface area contributed by atoms with Crippen LogP contribution in [0.3, 0.4) is 0 Å².